The second kappa shape index (κ2) is 3.19. The summed E-state index contributed by atoms with van der Waals surface area (Å²) in [5, 5.41) is 0. The fraction of sp³-hybridized carbons (Fsp3) is 0.500. The van der Waals surface area contributed by atoms with Crippen LogP contribution in [0.4, 0.5) is 5.69 Å². The maximum atomic E-state index is 4.49. The molecule has 0 bridgehead atoms. The quantitative estimate of drug-likeness (QED) is 0.599. The molecular formula is C14H19N. The topological polar surface area (TPSA) is 12.4 Å². The van der Waals surface area contributed by atoms with Gasteiger partial charge in [-0.3, -0.25) is 4.99 Å². The summed E-state index contributed by atoms with van der Waals surface area (Å²) in [6, 6.07) is 4.55. The number of nitrogens with zero attached hydrogens (tertiary/aromatic N) is 1. The Morgan fingerprint density at radius 3 is 2.47 bits per heavy atom. The van der Waals surface area contributed by atoms with Crippen LogP contribution >= 0.6 is 0 Å². The highest BCUT2D eigenvalue weighted by atomic mass is 14.8. The SMILES string of the molecule is Cc1cc(C(C)(C)C)cc2c1C(C)C=N2. The molecule has 0 radical (unpaired) electrons. The number of hydrogen-bond acceptors (Lipinski definition) is 1. The van der Waals surface area contributed by atoms with Crippen molar-refractivity contribution in [2.45, 2.75) is 46.0 Å². The lowest BCUT2D eigenvalue weighted by molar-refractivity contribution is 0.589. The zero-order valence-electron chi connectivity index (χ0n) is 10.3. The number of fused-ring (bicyclic) bond motifs is 1. The van der Waals surface area contributed by atoms with Gasteiger partial charge in [0.15, 0.2) is 0 Å². The van der Waals surface area contributed by atoms with Crippen LogP contribution in [0.2, 0.25) is 0 Å². The number of hydrogen-bond donors (Lipinski definition) is 0. The highest BCUT2D eigenvalue weighted by Gasteiger charge is 2.21. The zero-order chi connectivity index (χ0) is 11.2. The largest absolute Gasteiger partial charge is 0.260 e. The number of rotatable bonds is 0. The molecule has 0 amide bonds. The van der Waals surface area contributed by atoms with E-state index >= 15 is 0 Å². The summed E-state index contributed by atoms with van der Waals surface area (Å²) in [6.45, 7) is 11.1. The predicted molar refractivity (Wildman–Crippen MR) is 66.4 cm³/mol. The Balaban J connectivity index is 2.58. The average Bonchev–Trinajstić information content (AvgIpc) is 2.46. The zero-order valence-corrected chi connectivity index (χ0v) is 10.3. The summed E-state index contributed by atoms with van der Waals surface area (Å²) in [5.41, 5.74) is 5.55. The highest BCUT2D eigenvalue weighted by Crippen LogP contribution is 2.38. The third kappa shape index (κ3) is 1.71. The average molecular weight is 201 g/mol. The van der Waals surface area contributed by atoms with Gasteiger partial charge in [0.1, 0.15) is 0 Å². The van der Waals surface area contributed by atoms with Gasteiger partial charge >= 0.3 is 0 Å². The van der Waals surface area contributed by atoms with E-state index in [4.69, 9.17) is 0 Å². The van der Waals surface area contributed by atoms with E-state index in [1.54, 1.807) is 0 Å². The third-order valence-electron chi connectivity index (χ3n) is 3.12. The van der Waals surface area contributed by atoms with E-state index in [0.717, 1.165) is 0 Å². The summed E-state index contributed by atoms with van der Waals surface area (Å²) in [4.78, 5) is 4.49. The molecule has 0 saturated carbocycles. The maximum Gasteiger partial charge on any atom is 0.0670 e. The van der Waals surface area contributed by atoms with Crippen molar-refractivity contribution in [1.29, 1.82) is 0 Å². The lowest BCUT2D eigenvalue weighted by Gasteiger charge is -2.21. The number of aryl methyl sites for hydroxylation is 1. The Kier molecular flexibility index (Phi) is 2.22. The predicted octanol–water partition coefficient (Wildman–Crippen LogP) is 4.11. The van der Waals surface area contributed by atoms with Crippen molar-refractivity contribution >= 4 is 11.9 Å². The summed E-state index contributed by atoms with van der Waals surface area (Å²) >= 11 is 0. The molecule has 0 aliphatic carbocycles. The molecule has 0 aromatic heterocycles. The lowest BCUT2D eigenvalue weighted by atomic mass is 9.84. The Morgan fingerprint density at radius 2 is 1.87 bits per heavy atom. The fourth-order valence-electron chi connectivity index (χ4n) is 2.18. The Bertz CT molecular complexity index is 422. The molecular weight excluding hydrogens is 182 g/mol. The third-order valence-corrected chi connectivity index (χ3v) is 3.12. The van der Waals surface area contributed by atoms with Crippen LogP contribution in [0.5, 0.6) is 0 Å². The van der Waals surface area contributed by atoms with Crippen LogP contribution in [0.15, 0.2) is 17.1 Å². The van der Waals surface area contributed by atoms with Crippen LogP contribution in [0.3, 0.4) is 0 Å². The first-order valence-corrected chi connectivity index (χ1v) is 5.59. The van der Waals surface area contributed by atoms with E-state index in [2.05, 4.69) is 51.7 Å². The lowest BCUT2D eigenvalue weighted by Crippen LogP contribution is -2.11. The van der Waals surface area contributed by atoms with Crippen molar-refractivity contribution < 1.29 is 0 Å². The molecule has 2 rings (SSSR count). The minimum atomic E-state index is 0.209. The minimum absolute atomic E-state index is 0.209. The molecule has 80 valence electrons. The highest BCUT2D eigenvalue weighted by molar-refractivity contribution is 5.81. The van der Waals surface area contributed by atoms with Crippen LogP contribution in [-0.4, -0.2) is 6.21 Å². The van der Waals surface area contributed by atoms with Gasteiger partial charge in [-0.1, -0.05) is 33.8 Å². The first-order chi connectivity index (χ1) is 6.89. The molecule has 1 heteroatoms. The molecule has 1 unspecified atom stereocenters. The van der Waals surface area contributed by atoms with Gasteiger partial charge < -0.3 is 0 Å². The summed E-state index contributed by atoms with van der Waals surface area (Å²) < 4.78 is 0. The van der Waals surface area contributed by atoms with Gasteiger partial charge in [0, 0.05) is 12.1 Å². The molecule has 15 heavy (non-hydrogen) atoms. The van der Waals surface area contributed by atoms with E-state index in [1.165, 1.54) is 22.4 Å². The number of benzene rings is 1. The molecule has 0 saturated heterocycles. The smallest absolute Gasteiger partial charge is 0.0670 e. The Hall–Kier alpha value is -1.11. The Labute approximate surface area is 92.2 Å². The van der Waals surface area contributed by atoms with Crippen molar-refractivity contribution in [2.24, 2.45) is 4.99 Å². The van der Waals surface area contributed by atoms with Gasteiger partial charge in [-0.15, -0.1) is 0 Å². The normalized spacial score (nSPS) is 19.4. The van der Waals surface area contributed by atoms with Crippen LogP contribution in [0.25, 0.3) is 0 Å². The molecule has 1 aliphatic rings. The maximum absolute atomic E-state index is 4.49. The van der Waals surface area contributed by atoms with Gasteiger partial charge in [-0.2, -0.15) is 0 Å². The first-order valence-electron chi connectivity index (χ1n) is 5.59. The van der Waals surface area contributed by atoms with Crippen molar-refractivity contribution in [3.63, 3.8) is 0 Å². The summed E-state index contributed by atoms with van der Waals surface area (Å²) in [5.74, 6) is 0.481. The van der Waals surface area contributed by atoms with Crippen LogP contribution < -0.4 is 0 Å². The van der Waals surface area contributed by atoms with Crippen molar-refractivity contribution in [2.75, 3.05) is 0 Å². The van der Waals surface area contributed by atoms with Gasteiger partial charge in [0.2, 0.25) is 0 Å². The van der Waals surface area contributed by atoms with E-state index < -0.39 is 0 Å². The van der Waals surface area contributed by atoms with Gasteiger partial charge in [-0.05, 0) is 35.1 Å². The van der Waals surface area contributed by atoms with Gasteiger partial charge in [0.25, 0.3) is 0 Å². The molecule has 1 aromatic rings. The van der Waals surface area contributed by atoms with E-state index in [1.807, 2.05) is 6.21 Å². The first kappa shape index (κ1) is 10.4. The van der Waals surface area contributed by atoms with Gasteiger partial charge in [0.05, 0.1) is 5.69 Å². The van der Waals surface area contributed by atoms with Crippen LogP contribution in [0, 0.1) is 6.92 Å². The summed E-state index contributed by atoms with van der Waals surface area (Å²) in [6.07, 6.45) is 2.05. The molecule has 1 heterocycles. The molecule has 0 fully saturated rings. The molecule has 1 aliphatic heterocycles. The van der Waals surface area contributed by atoms with Gasteiger partial charge in [-0.25, -0.2) is 0 Å². The minimum Gasteiger partial charge on any atom is -0.260 e. The van der Waals surface area contributed by atoms with E-state index in [0.29, 0.717) is 5.92 Å². The van der Waals surface area contributed by atoms with Crippen molar-refractivity contribution in [3.05, 3.63) is 28.8 Å². The monoisotopic (exact) mass is 201 g/mol. The van der Waals surface area contributed by atoms with Crippen LogP contribution in [0.1, 0.15) is 50.3 Å². The van der Waals surface area contributed by atoms with Crippen molar-refractivity contribution in [1.82, 2.24) is 0 Å². The van der Waals surface area contributed by atoms with E-state index in [9.17, 15) is 0 Å². The van der Waals surface area contributed by atoms with Crippen LogP contribution in [-0.2, 0) is 5.41 Å². The molecule has 1 aromatic carbocycles. The second-order valence-electron chi connectivity index (χ2n) is 5.54. The summed E-state index contributed by atoms with van der Waals surface area (Å²) in [7, 11) is 0. The second-order valence-corrected chi connectivity index (χ2v) is 5.54. The molecule has 0 N–H and O–H groups in total. The molecule has 1 nitrogen and oxygen atoms in total. The standard InChI is InChI=1S/C14H19N/c1-9-6-11(14(3,4)5)7-12-13(9)10(2)8-15-12/h6-8,10H,1-5H3. The Morgan fingerprint density at radius 1 is 1.20 bits per heavy atom. The molecule has 1 atom stereocenters. The fourth-order valence-corrected chi connectivity index (χ4v) is 2.18. The van der Waals surface area contributed by atoms with Crippen molar-refractivity contribution in [3.8, 4) is 0 Å². The van der Waals surface area contributed by atoms with E-state index in [-0.39, 0.29) is 5.41 Å². The number of aliphatic imine (C=N–C) groups is 1. The molecule has 0 spiro atoms.